The van der Waals surface area contributed by atoms with Crippen molar-refractivity contribution < 1.29 is 4.74 Å². The molecule has 0 saturated carbocycles. The van der Waals surface area contributed by atoms with Crippen LogP contribution in [0.4, 0.5) is 0 Å². The SMILES string of the molecule is CCCNCC1(CN2CC(C)C(N(C)C)C2)CCOC1. The third-order valence-corrected chi connectivity index (χ3v) is 4.98. The summed E-state index contributed by atoms with van der Waals surface area (Å²) < 4.78 is 5.73. The van der Waals surface area contributed by atoms with Gasteiger partial charge in [-0.2, -0.15) is 0 Å². The summed E-state index contributed by atoms with van der Waals surface area (Å²) in [4.78, 5) is 5.05. The zero-order valence-electron chi connectivity index (χ0n) is 13.8. The molecule has 2 aliphatic heterocycles. The van der Waals surface area contributed by atoms with Crippen LogP contribution in [-0.2, 0) is 4.74 Å². The highest BCUT2D eigenvalue weighted by atomic mass is 16.5. The highest BCUT2D eigenvalue weighted by Crippen LogP contribution is 2.31. The zero-order chi connectivity index (χ0) is 14.6. The van der Waals surface area contributed by atoms with Crippen molar-refractivity contribution in [2.45, 2.75) is 32.7 Å². The van der Waals surface area contributed by atoms with Crippen LogP contribution in [0.2, 0.25) is 0 Å². The molecule has 0 aromatic heterocycles. The van der Waals surface area contributed by atoms with Crippen molar-refractivity contribution in [2.75, 3.05) is 60.0 Å². The molecule has 2 rings (SSSR count). The van der Waals surface area contributed by atoms with Crippen molar-refractivity contribution in [1.29, 1.82) is 0 Å². The molecule has 3 atom stereocenters. The van der Waals surface area contributed by atoms with E-state index in [9.17, 15) is 0 Å². The Morgan fingerprint density at radius 2 is 2.15 bits per heavy atom. The predicted octanol–water partition coefficient (Wildman–Crippen LogP) is 1.27. The Hall–Kier alpha value is -0.160. The van der Waals surface area contributed by atoms with E-state index in [4.69, 9.17) is 4.74 Å². The Labute approximate surface area is 124 Å². The molecule has 4 nitrogen and oxygen atoms in total. The molecule has 0 aromatic carbocycles. The Balaban J connectivity index is 1.89. The van der Waals surface area contributed by atoms with Crippen LogP contribution in [0.25, 0.3) is 0 Å². The maximum Gasteiger partial charge on any atom is 0.0547 e. The molecular weight excluding hydrogens is 250 g/mol. The van der Waals surface area contributed by atoms with Crippen LogP contribution in [0.5, 0.6) is 0 Å². The van der Waals surface area contributed by atoms with Crippen molar-refractivity contribution >= 4 is 0 Å². The molecular formula is C16H33N3O. The molecule has 2 heterocycles. The highest BCUT2D eigenvalue weighted by Gasteiger charge is 2.40. The van der Waals surface area contributed by atoms with Crippen LogP contribution >= 0.6 is 0 Å². The molecule has 0 amide bonds. The molecule has 118 valence electrons. The number of likely N-dealkylation sites (tertiary alicyclic amines) is 1. The van der Waals surface area contributed by atoms with Gasteiger partial charge < -0.3 is 19.9 Å². The number of ether oxygens (including phenoxy) is 1. The standard InChI is InChI=1S/C16H33N3O/c1-5-7-17-11-16(6-8-20-13-16)12-19-9-14(2)15(10-19)18(3)4/h14-15,17H,5-13H2,1-4H3. The van der Waals surface area contributed by atoms with Crippen LogP contribution in [0.3, 0.4) is 0 Å². The van der Waals surface area contributed by atoms with Crippen LogP contribution in [-0.4, -0.2) is 75.9 Å². The van der Waals surface area contributed by atoms with E-state index in [0.29, 0.717) is 11.5 Å². The van der Waals surface area contributed by atoms with E-state index in [2.05, 4.69) is 43.1 Å². The molecule has 3 unspecified atom stereocenters. The van der Waals surface area contributed by atoms with Crippen LogP contribution in [0.1, 0.15) is 26.7 Å². The van der Waals surface area contributed by atoms with Gasteiger partial charge in [-0.1, -0.05) is 13.8 Å². The topological polar surface area (TPSA) is 27.7 Å². The molecule has 0 aromatic rings. The van der Waals surface area contributed by atoms with Crippen LogP contribution in [0.15, 0.2) is 0 Å². The van der Waals surface area contributed by atoms with Crippen molar-refractivity contribution in [3.8, 4) is 0 Å². The summed E-state index contributed by atoms with van der Waals surface area (Å²) in [6.45, 7) is 12.4. The second kappa shape index (κ2) is 7.21. The summed E-state index contributed by atoms with van der Waals surface area (Å²) in [6, 6.07) is 0.706. The summed E-state index contributed by atoms with van der Waals surface area (Å²) in [5.41, 5.74) is 0.343. The first-order chi connectivity index (χ1) is 9.56. The minimum Gasteiger partial charge on any atom is -0.381 e. The third kappa shape index (κ3) is 3.94. The zero-order valence-corrected chi connectivity index (χ0v) is 13.8. The third-order valence-electron chi connectivity index (χ3n) is 4.98. The molecule has 2 saturated heterocycles. The van der Waals surface area contributed by atoms with Gasteiger partial charge in [0.1, 0.15) is 0 Å². The molecule has 1 N–H and O–H groups in total. The first-order valence-electron chi connectivity index (χ1n) is 8.23. The summed E-state index contributed by atoms with van der Waals surface area (Å²) in [5.74, 6) is 0.771. The Kier molecular flexibility index (Phi) is 5.84. The van der Waals surface area contributed by atoms with Crippen LogP contribution in [0, 0.1) is 11.3 Å². The van der Waals surface area contributed by atoms with E-state index in [0.717, 1.165) is 32.2 Å². The molecule has 0 bridgehead atoms. The first kappa shape index (κ1) is 16.2. The van der Waals surface area contributed by atoms with E-state index in [1.807, 2.05) is 0 Å². The Morgan fingerprint density at radius 1 is 1.35 bits per heavy atom. The number of nitrogens with one attached hydrogen (secondary N) is 1. The maximum absolute atomic E-state index is 5.73. The van der Waals surface area contributed by atoms with Gasteiger partial charge in [-0.05, 0) is 39.4 Å². The van der Waals surface area contributed by atoms with Crippen molar-refractivity contribution in [1.82, 2.24) is 15.1 Å². The minimum absolute atomic E-state index is 0.343. The van der Waals surface area contributed by atoms with Gasteiger partial charge >= 0.3 is 0 Å². The van der Waals surface area contributed by atoms with Gasteiger partial charge in [0.05, 0.1) is 6.61 Å². The van der Waals surface area contributed by atoms with Gasteiger partial charge in [0.2, 0.25) is 0 Å². The van der Waals surface area contributed by atoms with E-state index in [1.54, 1.807) is 0 Å². The minimum atomic E-state index is 0.343. The number of nitrogens with zero attached hydrogens (tertiary/aromatic N) is 2. The molecule has 2 fully saturated rings. The normalized spacial score (nSPS) is 35.2. The van der Waals surface area contributed by atoms with Crippen molar-refractivity contribution in [2.24, 2.45) is 11.3 Å². The van der Waals surface area contributed by atoms with E-state index in [-0.39, 0.29) is 0 Å². The lowest BCUT2D eigenvalue weighted by Gasteiger charge is -2.33. The average molecular weight is 283 g/mol. The largest absolute Gasteiger partial charge is 0.381 e. The molecule has 2 aliphatic rings. The lowest BCUT2D eigenvalue weighted by Crippen LogP contribution is -2.45. The lowest BCUT2D eigenvalue weighted by molar-refractivity contribution is 0.115. The van der Waals surface area contributed by atoms with Crippen molar-refractivity contribution in [3.63, 3.8) is 0 Å². The van der Waals surface area contributed by atoms with E-state index >= 15 is 0 Å². The van der Waals surface area contributed by atoms with Gasteiger partial charge in [-0.15, -0.1) is 0 Å². The maximum atomic E-state index is 5.73. The summed E-state index contributed by atoms with van der Waals surface area (Å²) in [5, 5.41) is 3.62. The average Bonchev–Trinajstić information content (AvgIpc) is 2.98. The molecule has 4 heteroatoms. The highest BCUT2D eigenvalue weighted by molar-refractivity contribution is 4.93. The summed E-state index contributed by atoms with van der Waals surface area (Å²) in [7, 11) is 4.42. The molecule has 0 aliphatic carbocycles. The molecule has 0 radical (unpaired) electrons. The molecule has 0 spiro atoms. The predicted molar refractivity (Wildman–Crippen MR) is 84.1 cm³/mol. The van der Waals surface area contributed by atoms with E-state index < -0.39 is 0 Å². The summed E-state index contributed by atoms with van der Waals surface area (Å²) >= 11 is 0. The fourth-order valence-corrected chi connectivity index (χ4v) is 3.82. The second-order valence-corrected chi connectivity index (χ2v) is 7.18. The monoisotopic (exact) mass is 283 g/mol. The fraction of sp³-hybridized carbons (Fsp3) is 1.00. The number of likely N-dealkylation sites (N-methyl/N-ethyl adjacent to an activating group) is 1. The second-order valence-electron chi connectivity index (χ2n) is 7.18. The smallest absolute Gasteiger partial charge is 0.0547 e. The number of hydrogen-bond donors (Lipinski definition) is 1. The van der Waals surface area contributed by atoms with Gasteiger partial charge in [-0.25, -0.2) is 0 Å². The quantitative estimate of drug-likeness (QED) is 0.712. The lowest BCUT2D eigenvalue weighted by atomic mass is 9.86. The molecule has 20 heavy (non-hydrogen) atoms. The van der Waals surface area contributed by atoms with E-state index in [1.165, 1.54) is 32.5 Å². The Bertz CT molecular complexity index is 289. The van der Waals surface area contributed by atoms with Gasteiger partial charge in [0.25, 0.3) is 0 Å². The number of hydrogen-bond acceptors (Lipinski definition) is 4. The van der Waals surface area contributed by atoms with Gasteiger partial charge in [0, 0.05) is 44.2 Å². The van der Waals surface area contributed by atoms with Crippen molar-refractivity contribution in [3.05, 3.63) is 0 Å². The first-order valence-corrected chi connectivity index (χ1v) is 8.23. The van der Waals surface area contributed by atoms with Crippen LogP contribution < -0.4 is 5.32 Å². The number of rotatable bonds is 7. The van der Waals surface area contributed by atoms with Gasteiger partial charge in [0.15, 0.2) is 0 Å². The van der Waals surface area contributed by atoms with Gasteiger partial charge in [-0.3, -0.25) is 0 Å². The fourth-order valence-electron chi connectivity index (χ4n) is 3.82. The Morgan fingerprint density at radius 3 is 2.70 bits per heavy atom. The summed E-state index contributed by atoms with van der Waals surface area (Å²) in [6.07, 6.45) is 2.42.